The van der Waals surface area contributed by atoms with E-state index in [4.69, 9.17) is 10.5 Å². The highest BCUT2D eigenvalue weighted by Crippen LogP contribution is 2.14. The normalized spacial score (nSPS) is 14.4. The largest absolute Gasteiger partial charge is 0.385 e. The van der Waals surface area contributed by atoms with Crippen molar-refractivity contribution in [3.05, 3.63) is 16.6 Å². The van der Waals surface area contributed by atoms with Crippen LogP contribution in [0.1, 0.15) is 24.4 Å². The molecule has 0 spiro atoms. The third kappa shape index (κ3) is 3.88. The molecule has 1 aromatic heterocycles. The molecule has 0 aromatic carbocycles. The smallest absolute Gasteiger partial charge is 0.237 e. The minimum Gasteiger partial charge on any atom is -0.385 e. The summed E-state index contributed by atoms with van der Waals surface area (Å²) in [6.07, 6.45) is 2.24. The number of carbonyl (C=O) groups is 1. The summed E-state index contributed by atoms with van der Waals surface area (Å²) in [5, 5.41) is 5.58. The maximum Gasteiger partial charge on any atom is 0.237 e. The molecule has 0 saturated carbocycles. The number of hydrogen-bond donors (Lipinski definition) is 2. The Balaban J connectivity index is 2.39. The van der Waals surface area contributed by atoms with Gasteiger partial charge in [-0.1, -0.05) is 0 Å². The molecule has 1 amide bonds. The second-order valence-electron chi connectivity index (χ2n) is 3.49. The number of nitrogens with zero attached hydrogens (tertiary/aromatic N) is 1. The average Bonchev–Trinajstić information content (AvgIpc) is 2.79. The van der Waals surface area contributed by atoms with Crippen LogP contribution in [0, 0.1) is 0 Å². The summed E-state index contributed by atoms with van der Waals surface area (Å²) in [4.78, 5) is 15.8. The molecule has 1 rings (SSSR count). The Hall–Kier alpha value is -0.980. The van der Waals surface area contributed by atoms with Crippen molar-refractivity contribution in [2.24, 2.45) is 5.73 Å². The molecule has 0 aliphatic heterocycles. The highest BCUT2D eigenvalue weighted by molar-refractivity contribution is 7.09. The Morgan fingerprint density at radius 1 is 1.75 bits per heavy atom. The molecule has 2 atom stereocenters. The summed E-state index contributed by atoms with van der Waals surface area (Å²) in [5.74, 6) is -0.167. The number of amides is 1. The summed E-state index contributed by atoms with van der Waals surface area (Å²) in [6, 6.07) is -0.622. The van der Waals surface area contributed by atoms with Gasteiger partial charge in [-0.2, -0.15) is 0 Å². The van der Waals surface area contributed by atoms with Gasteiger partial charge in [-0.3, -0.25) is 4.79 Å². The Morgan fingerprint density at radius 3 is 3.06 bits per heavy atom. The number of carbonyl (C=O) groups excluding carboxylic acids is 1. The van der Waals surface area contributed by atoms with Gasteiger partial charge in [-0.05, 0) is 13.3 Å². The van der Waals surface area contributed by atoms with Crippen molar-refractivity contribution in [2.45, 2.75) is 25.4 Å². The summed E-state index contributed by atoms with van der Waals surface area (Å²) < 4.78 is 4.87. The molecule has 0 saturated heterocycles. The number of aromatic nitrogens is 1. The SMILES string of the molecule is COCCC(N)C(=O)NC(C)c1nccs1. The zero-order chi connectivity index (χ0) is 12.0. The molecule has 0 fully saturated rings. The van der Waals surface area contributed by atoms with Crippen molar-refractivity contribution >= 4 is 17.2 Å². The standard InChI is InChI=1S/C10H17N3O2S/c1-7(10-12-4-6-16-10)13-9(14)8(11)3-5-15-2/h4,6-8H,3,5,11H2,1-2H3,(H,13,14). The Bertz CT molecular complexity index is 316. The van der Waals surface area contributed by atoms with Gasteiger partial charge >= 0.3 is 0 Å². The van der Waals surface area contributed by atoms with Gasteiger partial charge in [-0.15, -0.1) is 11.3 Å². The van der Waals surface area contributed by atoms with Gasteiger partial charge < -0.3 is 15.8 Å². The van der Waals surface area contributed by atoms with Gasteiger partial charge in [0.25, 0.3) is 0 Å². The number of ether oxygens (including phenoxy) is 1. The maximum atomic E-state index is 11.6. The summed E-state index contributed by atoms with van der Waals surface area (Å²) in [7, 11) is 1.59. The lowest BCUT2D eigenvalue weighted by molar-refractivity contribution is -0.123. The molecule has 3 N–H and O–H groups in total. The predicted octanol–water partition coefficient (Wildman–Crippen LogP) is 0.684. The molecule has 6 heteroatoms. The van der Waals surface area contributed by atoms with E-state index >= 15 is 0 Å². The molecule has 2 unspecified atom stereocenters. The first-order valence-corrected chi connectivity index (χ1v) is 5.97. The van der Waals surface area contributed by atoms with Crippen LogP contribution >= 0.6 is 11.3 Å². The molecule has 0 radical (unpaired) electrons. The zero-order valence-corrected chi connectivity index (χ0v) is 10.3. The Labute approximate surface area is 99.0 Å². The molecule has 1 aromatic rings. The molecule has 0 aliphatic carbocycles. The van der Waals surface area contributed by atoms with Crippen molar-refractivity contribution in [1.29, 1.82) is 0 Å². The molecular weight excluding hydrogens is 226 g/mol. The first-order chi connectivity index (χ1) is 7.65. The minimum absolute atomic E-state index is 0.0962. The van der Waals surface area contributed by atoms with E-state index in [1.165, 1.54) is 11.3 Å². The number of nitrogens with one attached hydrogen (secondary N) is 1. The zero-order valence-electron chi connectivity index (χ0n) is 9.47. The number of rotatable bonds is 6. The second kappa shape index (κ2) is 6.57. The third-order valence-electron chi connectivity index (χ3n) is 2.15. The van der Waals surface area contributed by atoms with E-state index in [2.05, 4.69) is 10.3 Å². The second-order valence-corrected chi connectivity index (χ2v) is 4.41. The first-order valence-electron chi connectivity index (χ1n) is 5.09. The molecule has 5 nitrogen and oxygen atoms in total. The number of methoxy groups -OCH3 is 1. The van der Waals surface area contributed by atoms with Crippen LogP contribution in [0.25, 0.3) is 0 Å². The van der Waals surface area contributed by atoms with Gasteiger partial charge in [0, 0.05) is 25.3 Å². The van der Waals surface area contributed by atoms with Crippen molar-refractivity contribution in [1.82, 2.24) is 10.3 Å². The van der Waals surface area contributed by atoms with Gasteiger partial charge in [0.1, 0.15) is 5.01 Å². The number of hydrogen-bond acceptors (Lipinski definition) is 5. The topological polar surface area (TPSA) is 77.2 Å². The molecular formula is C10H17N3O2S. The number of thiazole rings is 1. The lowest BCUT2D eigenvalue weighted by Crippen LogP contribution is -2.42. The first kappa shape index (κ1) is 13.1. The van der Waals surface area contributed by atoms with Crippen LogP contribution in [0.3, 0.4) is 0 Å². The van der Waals surface area contributed by atoms with Crippen LogP contribution in [0.5, 0.6) is 0 Å². The monoisotopic (exact) mass is 243 g/mol. The van der Waals surface area contributed by atoms with Crippen LogP contribution in [0.4, 0.5) is 0 Å². The van der Waals surface area contributed by atoms with Gasteiger partial charge in [0.05, 0.1) is 12.1 Å². The van der Waals surface area contributed by atoms with Gasteiger partial charge in [-0.25, -0.2) is 4.98 Å². The lowest BCUT2D eigenvalue weighted by Gasteiger charge is -2.15. The van der Waals surface area contributed by atoms with Gasteiger partial charge in [0.15, 0.2) is 0 Å². The molecule has 0 bridgehead atoms. The van der Waals surface area contributed by atoms with Crippen molar-refractivity contribution in [2.75, 3.05) is 13.7 Å². The van der Waals surface area contributed by atoms with Crippen LogP contribution in [-0.4, -0.2) is 30.6 Å². The van der Waals surface area contributed by atoms with E-state index in [0.29, 0.717) is 13.0 Å². The summed E-state index contributed by atoms with van der Waals surface area (Å²) in [5.41, 5.74) is 5.70. The van der Waals surface area contributed by atoms with E-state index in [-0.39, 0.29) is 11.9 Å². The van der Waals surface area contributed by atoms with E-state index < -0.39 is 6.04 Å². The van der Waals surface area contributed by atoms with Crippen LogP contribution in [0.2, 0.25) is 0 Å². The number of nitrogens with two attached hydrogens (primary N) is 1. The van der Waals surface area contributed by atoms with Gasteiger partial charge in [0.2, 0.25) is 5.91 Å². The van der Waals surface area contributed by atoms with Crippen LogP contribution in [0.15, 0.2) is 11.6 Å². The van der Waals surface area contributed by atoms with E-state index in [1.807, 2.05) is 12.3 Å². The quantitative estimate of drug-likeness (QED) is 0.770. The Morgan fingerprint density at radius 2 is 2.50 bits per heavy atom. The fourth-order valence-corrected chi connectivity index (χ4v) is 1.85. The van der Waals surface area contributed by atoms with E-state index in [9.17, 15) is 4.79 Å². The maximum absolute atomic E-state index is 11.6. The van der Waals surface area contributed by atoms with Crippen LogP contribution < -0.4 is 11.1 Å². The third-order valence-corrected chi connectivity index (χ3v) is 3.11. The molecule has 0 aliphatic rings. The highest BCUT2D eigenvalue weighted by Gasteiger charge is 2.17. The lowest BCUT2D eigenvalue weighted by atomic mass is 10.2. The summed E-state index contributed by atoms with van der Waals surface area (Å²) >= 11 is 1.51. The fourth-order valence-electron chi connectivity index (χ4n) is 1.21. The van der Waals surface area contributed by atoms with Crippen LogP contribution in [-0.2, 0) is 9.53 Å². The average molecular weight is 243 g/mol. The van der Waals surface area contributed by atoms with Crippen molar-refractivity contribution < 1.29 is 9.53 Å². The molecule has 90 valence electrons. The Kier molecular flexibility index (Phi) is 5.37. The van der Waals surface area contributed by atoms with E-state index in [0.717, 1.165) is 5.01 Å². The molecule has 1 heterocycles. The van der Waals surface area contributed by atoms with E-state index in [1.54, 1.807) is 13.3 Å². The summed E-state index contributed by atoms with van der Waals surface area (Å²) in [6.45, 7) is 2.37. The van der Waals surface area contributed by atoms with Crippen molar-refractivity contribution in [3.8, 4) is 0 Å². The minimum atomic E-state index is -0.526. The van der Waals surface area contributed by atoms with Crippen molar-refractivity contribution in [3.63, 3.8) is 0 Å². The highest BCUT2D eigenvalue weighted by atomic mass is 32.1. The molecule has 16 heavy (non-hydrogen) atoms. The predicted molar refractivity (Wildman–Crippen MR) is 63.1 cm³/mol. The fraction of sp³-hybridized carbons (Fsp3) is 0.600.